The second kappa shape index (κ2) is 4.86. The third-order valence-corrected chi connectivity index (χ3v) is 3.85. The summed E-state index contributed by atoms with van der Waals surface area (Å²) in [6.07, 6.45) is 1.97. The van der Waals surface area contributed by atoms with Crippen LogP contribution in [0.1, 0.15) is 12.0 Å². The Kier molecular flexibility index (Phi) is 3.22. The summed E-state index contributed by atoms with van der Waals surface area (Å²) < 4.78 is 18.9. The fraction of sp³-hybridized carbons (Fsp3) is 0.571. The van der Waals surface area contributed by atoms with E-state index in [0.29, 0.717) is 5.92 Å². The number of nitrogens with zero attached hydrogens (tertiary/aromatic N) is 1. The number of benzene rings is 1. The molecule has 18 heavy (non-hydrogen) atoms. The molecule has 2 unspecified atom stereocenters. The van der Waals surface area contributed by atoms with E-state index in [0.717, 1.165) is 43.8 Å². The van der Waals surface area contributed by atoms with Crippen LogP contribution in [0.4, 0.5) is 4.39 Å². The fourth-order valence-electron chi connectivity index (χ4n) is 2.91. The van der Waals surface area contributed by atoms with E-state index in [1.807, 2.05) is 0 Å². The molecule has 3 rings (SSSR count). The second-order valence-electron chi connectivity index (χ2n) is 5.29. The van der Waals surface area contributed by atoms with Gasteiger partial charge in [0.2, 0.25) is 0 Å². The summed E-state index contributed by atoms with van der Waals surface area (Å²) in [6.45, 7) is 3.11. The van der Waals surface area contributed by atoms with Crippen molar-refractivity contribution < 1.29 is 14.2 Å². The predicted molar refractivity (Wildman–Crippen MR) is 66.2 cm³/mol. The predicted octanol–water partition coefficient (Wildman–Crippen LogP) is 1.44. The number of halogens is 1. The van der Waals surface area contributed by atoms with Crippen molar-refractivity contribution in [1.82, 2.24) is 4.90 Å². The first-order valence-corrected chi connectivity index (χ1v) is 6.53. The van der Waals surface area contributed by atoms with Gasteiger partial charge in [0.1, 0.15) is 17.7 Å². The van der Waals surface area contributed by atoms with Crippen LogP contribution in [-0.2, 0) is 6.42 Å². The molecule has 1 aromatic rings. The van der Waals surface area contributed by atoms with Crippen LogP contribution in [0.5, 0.6) is 5.75 Å². The zero-order valence-corrected chi connectivity index (χ0v) is 10.3. The number of aliphatic hydroxyl groups excluding tert-OH is 1. The van der Waals surface area contributed by atoms with Gasteiger partial charge in [-0.05, 0) is 37.1 Å². The zero-order chi connectivity index (χ0) is 12.5. The molecule has 1 fully saturated rings. The summed E-state index contributed by atoms with van der Waals surface area (Å²) in [4.78, 5) is 2.33. The van der Waals surface area contributed by atoms with Crippen molar-refractivity contribution in [3.8, 4) is 5.75 Å². The number of aliphatic hydroxyl groups is 1. The largest absolute Gasteiger partial charge is 0.488 e. The Morgan fingerprint density at radius 2 is 2.33 bits per heavy atom. The van der Waals surface area contributed by atoms with Crippen molar-refractivity contribution in [2.45, 2.75) is 18.9 Å². The minimum absolute atomic E-state index is 0.124. The summed E-state index contributed by atoms with van der Waals surface area (Å²) in [7, 11) is 0. The summed E-state index contributed by atoms with van der Waals surface area (Å²) in [5, 5.41) is 9.12. The van der Waals surface area contributed by atoms with E-state index < -0.39 is 0 Å². The second-order valence-corrected chi connectivity index (χ2v) is 5.29. The van der Waals surface area contributed by atoms with E-state index in [1.54, 1.807) is 12.1 Å². The van der Waals surface area contributed by atoms with Gasteiger partial charge < -0.3 is 9.84 Å². The number of rotatable bonds is 3. The first kappa shape index (κ1) is 11.9. The first-order valence-electron chi connectivity index (χ1n) is 6.53. The van der Waals surface area contributed by atoms with Gasteiger partial charge in [-0.15, -0.1) is 0 Å². The van der Waals surface area contributed by atoms with Crippen molar-refractivity contribution in [1.29, 1.82) is 0 Å². The van der Waals surface area contributed by atoms with Gasteiger partial charge >= 0.3 is 0 Å². The van der Waals surface area contributed by atoms with Crippen molar-refractivity contribution >= 4 is 0 Å². The van der Waals surface area contributed by atoms with Gasteiger partial charge in [0.25, 0.3) is 0 Å². The minimum atomic E-state index is -0.195. The molecule has 1 saturated heterocycles. The monoisotopic (exact) mass is 251 g/mol. The lowest BCUT2D eigenvalue weighted by molar-refractivity contribution is 0.158. The average Bonchev–Trinajstić information content (AvgIpc) is 2.95. The van der Waals surface area contributed by atoms with Gasteiger partial charge in [0, 0.05) is 31.7 Å². The molecule has 2 aliphatic rings. The maximum atomic E-state index is 13.1. The molecule has 0 bridgehead atoms. The molecule has 0 spiro atoms. The molecule has 0 aromatic heterocycles. The molecular formula is C14H18FNO2. The Morgan fingerprint density at radius 3 is 3.11 bits per heavy atom. The van der Waals surface area contributed by atoms with Crippen molar-refractivity contribution in [3.63, 3.8) is 0 Å². The van der Waals surface area contributed by atoms with Gasteiger partial charge in [0.15, 0.2) is 0 Å². The number of fused-ring (bicyclic) bond motifs is 1. The van der Waals surface area contributed by atoms with E-state index in [1.165, 1.54) is 6.07 Å². The maximum absolute atomic E-state index is 13.1. The molecule has 4 heteroatoms. The molecule has 1 N–H and O–H groups in total. The first-order chi connectivity index (χ1) is 8.74. The molecule has 98 valence electrons. The highest BCUT2D eigenvalue weighted by Crippen LogP contribution is 2.30. The van der Waals surface area contributed by atoms with E-state index in [-0.39, 0.29) is 18.5 Å². The Hall–Kier alpha value is -1.13. The molecule has 1 aromatic carbocycles. The summed E-state index contributed by atoms with van der Waals surface area (Å²) in [6, 6.07) is 4.72. The molecule has 0 saturated carbocycles. The van der Waals surface area contributed by atoms with E-state index in [4.69, 9.17) is 9.84 Å². The normalized spacial score (nSPS) is 27.2. The zero-order valence-electron chi connectivity index (χ0n) is 10.3. The van der Waals surface area contributed by atoms with Crippen LogP contribution in [0.3, 0.4) is 0 Å². The van der Waals surface area contributed by atoms with E-state index in [9.17, 15) is 4.39 Å². The number of hydrogen-bond acceptors (Lipinski definition) is 3. The van der Waals surface area contributed by atoms with Crippen LogP contribution in [0, 0.1) is 11.7 Å². The van der Waals surface area contributed by atoms with Gasteiger partial charge in [-0.25, -0.2) is 4.39 Å². The van der Waals surface area contributed by atoms with Gasteiger partial charge in [-0.2, -0.15) is 0 Å². The van der Waals surface area contributed by atoms with E-state index >= 15 is 0 Å². The average molecular weight is 251 g/mol. The van der Waals surface area contributed by atoms with Gasteiger partial charge in [0.05, 0.1) is 0 Å². The van der Waals surface area contributed by atoms with Crippen LogP contribution in [-0.4, -0.2) is 42.4 Å². The third-order valence-electron chi connectivity index (χ3n) is 3.85. The summed E-state index contributed by atoms with van der Waals surface area (Å²) in [5.74, 6) is 1.03. The molecule has 3 nitrogen and oxygen atoms in total. The van der Waals surface area contributed by atoms with Crippen LogP contribution < -0.4 is 4.74 Å². The van der Waals surface area contributed by atoms with Crippen molar-refractivity contribution in [2.75, 3.05) is 26.2 Å². The number of likely N-dealkylation sites (tertiary alicyclic amines) is 1. The Balaban J connectivity index is 1.58. The number of ether oxygens (including phenoxy) is 1. The lowest BCUT2D eigenvalue weighted by Crippen LogP contribution is -2.33. The molecule has 2 aliphatic heterocycles. The Bertz CT molecular complexity index is 438. The third kappa shape index (κ3) is 2.35. The highest BCUT2D eigenvalue weighted by molar-refractivity contribution is 5.37. The topological polar surface area (TPSA) is 32.7 Å². The molecular weight excluding hydrogens is 233 g/mol. The smallest absolute Gasteiger partial charge is 0.123 e. The lowest BCUT2D eigenvalue weighted by Gasteiger charge is -2.20. The van der Waals surface area contributed by atoms with Gasteiger partial charge in [-0.3, -0.25) is 4.90 Å². The number of hydrogen-bond donors (Lipinski definition) is 1. The molecule has 0 aliphatic carbocycles. The maximum Gasteiger partial charge on any atom is 0.123 e. The molecule has 0 amide bonds. The Morgan fingerprint density at radius 1 is 1.44 bits per heavy atom. The van der Waals surface area contributed by atoms with Crippen LogP contribution in [0.25, 0.3) is 0 Å². The fourth-order valence-corrected chi connectivity index (χ4v) is 2.91. The van der Waals surface area contributed by atoms with Crippen LogP contribution >= 0.6 is 0 Å². The summed E-state index contributed by atoms with van der Waals surface area (Å²) >= 11 is 0. The highest BCUT2D eigenvalue weighted by atomic mass is 19.1. The van der Waals surface area contributed by atoms with Gasteiger partial charge in [-0.1, -0.05) is 0 Å². The lowest BCUT2D eigenvalue weighted by atomic mass is 10.1. The molecule has 0 radical (unpaired) electrons. The minimum Gasteiger partial charge on any atom is -0.488 e. The van der Waals surface area contributed by atoms with E-state index in [2.05, 4.69) is 4.90 Å². The van der Waals surface area contributed by atoms with Crippen molar-refractivity contribution in [3.05, 3.63) is 29.6 Å². The standard InChI is InChI=1S/C14H18FNO2/c15-12-1-2-14-11(5-12)6-13(18-14)8-16-4-3-10(7-16)9-17/h1-2,5,10,13,17H,3-4,6-9H2. The van der Waals surface area contributed by atoms with Crippen LogP contribution in [0.2, 0.25) is 0 Å². The Labute approximate surface area is 106 Å². The summed E-state index contributed by atoms with van der Waals surface area (Å²) in [5.41, 5.74) is 0.970. The quantitative estimate of drug-likeness (QED) is 0.882. The SMILES string of the molecule is OCC1CCN(CC2Cc3cc(F)ccc3O2)C1. The highest BCUT2D eigenvalue weighted by Gasteiger charge is 2.28. The molecule has 2 heterocycles. The van der Waals surface area contributed by atoms with Crippen molar-refractivity contribution in [2.24, 2.45) is 5.92 Å². The van der Waals surface area contributed by atoms with Crippen LogP contribution in [0.15, 0.2) is 18.2 Å². The molecule has 2 atom stereocenters.